The summed E-state index contributed by atoms with van der Waals surface area (Å²) in [4.78, 5) is 25.1. The minimum atomic E-state index is -0.780. The summed E-state index contributed by atoms with van der Waals surface area (Å²) < 4.78 is 5.28. The van der Waals surface area contributed by atoms with Gasteiger partial charge in [-0.3, -0.25) is 9.59 Å². The third-order valence-electron chi connectivity index (χ3n) is 4.22. The molecule has 1 amide bonds. The second-order valence-corrected chi connectivity index (χ2v) is 6.35. The molecule has 1 aliphatic heterocycles. The van der Waals surface area contributed by atoms with E-state index in [0.717, 1.165) is 24.9 Å². The number of carboxylic acids is 1. The third-order valence-corrected chi connectivity index (χ3v) is 4.46. The number of likely N-dealkylation sites (tertiary alicyclic amines) is 1. The molecular formula is C17H22ClNO4. The van der Waals surface area contributed by atoms with Crippen LogP contribution in [-0.4, -0.2) is 42.1 Å². The third kappa shape index (κ3) is 5.13. The first-order valence-corrected chi connectivity index (χ1v) is 8.19. The number of aliphatic carboxylic acids is 1. The fourth-order valence-corrected chi connectivity index (χ4v) is 3.21. The molecule has 0 aliphatic carbocycles. The molecule has 1 fully saturated rings. The van der Waals surface area contributed by atoms with Crippen molar-refractivity contribution in [1.82, 2.24) is 4.90 Å². The van der Waals surface area contributed by atoms with Crippen LogP contribution in [0, 0.1) is 5.92 Å². The predicted molar refractivity (Wildman–Crippen MR) is 87.9 cm³/mol. The molecule has 23 heavy (non-hydrogen) atoms. The van der Waals surface area contributed by atoms with Gasteiger partial charge in [-0.15, -0.1) is 0 Å². The number of hydrogen-bond donors (Lipinski definition) is 1. The number of methoxy groups -OCH3 is 1. The van der Waals surface area contributed by atoms with E-state index < -0.39 is 5.97 Å². The van der Waals surface area contributed by atoms with Crippen molar-refractivity contribution in [3.05, 3.63) is 28.8 Å². The molecule has 0 saturated carbocycles. The quantitative estimate of drug-likeness (QED) is 0.865. The van der Waals surface area contributed by atoms with Gasteiger partial charge in [0.15, 0.2) is 0 Å². The Morgan fingerprint density at radius 3 is 2.91 bits per heavy atom. The maximum atomic E-state index is 12.5. The monoisotopic (exact) mass is 339 g/mol. The first-order valence-electron chi connectivity index (χ1n) is 7.81. The topological polar surface area (TPSA) is 66.8 Å². The van der Waals surface area contributed by atoms with Crippen LogP contribution in [-0.2, 0) is 16.0 Å². The Balaban J connectivity index is 1.97. The Morgan fingerprint density at radius 2 is 2.22 bits per heavy atom. The van der Waals surface area contributed by atoms with Gasteiger partial charge < -0.3 is 14.7 Å². The van der Waals surface area contributed by atoms with Crippen molar-refractivity contribution in [2.45, 2.75) is 32.1 Å². The SMILES string of the molecule is COc1ccc(Cl)cc1CC(=O)N1CCCC(CCC(=O)O)C1. The number of carbonyl (C=O) groups excluding carboxylic acids is 1. The number of amides is 1. The standard InChI is InChI=1S/C17H22ClNO4/c1-23-15-6-5-14(18)9-13(15)10-16(20)19-8-2-3-12(11-19)4-7-17(21)22/h5-6,9,12H,2-4,7-8,10-11H2,1H3,(H,21,22). The average molecular weight is 340 g/mol. The Hall–Kier alpha value is -1.75. The molecule has 1 saturated heterocycles. The van der Waals surface area contributed by atoms with E-state index in [9.17, 15) is 9.59 Å². The van der Waals surface area contributed by atoms with Gasteiger partial charge in [0.25, 0.3) is 0 Å². The second kappa shape index (κ2) is 8.20. The summed E-state index contributed by atoms with van der Waals surface area (Å²) in [5, 5.41) is 9.37. The minimum absolute atomic E-state index is 0.0330. The number of nitrogens with zero attached hydrogens (tertiary/aromatic N) is 1. The van der Waals surface area contributed by atoms with Crippen LogP contribution in [0.4, 0.5) is 0 Å². The summed E-state index contributed by atoms with van der Waals surface area (Å²) in [6.07, 6.45) is 2.93. The van der Waals surface area contributed by atoms with Gasteiger partial charge >= 0.3 is 5.97 Å². The molecule has 2 rings (SSSR count). The molecule has 5 nitrogen and oxygen atoms in total. The summed E-state index contributed by atoms with van der Waals surface area (Å²) in [7, 11) is 1.57. The molecule has 1 aromatic carbocycles. The van der Waals surface area contributed by atoms with E-state index in [0.29, 0.717) is 23.7 Å². The Kier molecular flexibility index (Phi) is 6.28. The second-order valence-electron chi connectivity index (χ2n) is 5.91. The number of carboxylic acid groups (broad SMARTS) is 1. The van der Waals surface area contributed by atoms with Gasteiger partial charge in [0, 0.05) is 30.1 Å². The Morgan fingerprint density at radius 1 is 1.43 bits per heavy atom. The van der Waals surface area contributed by atoms with E-state index in [1.165, 1.54) is 0 Å². The van der Waals surface area contributed by atoms with Crippen LogP contribution in [0.1, 0.15) is 31.2 Å². The highest BCUT2D eigenvalue weighted by Crippen LogP contribution is 2.25. The summed E-state index contributed by atoms with van der Waals surface area (Å²) in [5.74, 6) is 0.176. The van der Waals surface area contributed by atoms with Crippen LogP contribution in [0.15, 0.2) is 18.2 Å². The lowest BCUT2D eigenvalue weighted by Gasteiger charge is -2.33. The molecule has 0 aromatic heterocycles. The molecule has 1 N–H and O–H groups in total. The average Bonchev–Trinajstić information content (AvgIpc) is 2.53. The zero-order valence-electron chi connectivity index (χ0n) is 13.3. The number of piperidine rings is 1. The van der Waals surface area contributed by atoms with E-state index in [-0.39, 0.29) is 24.7 Å². The highest BCUT2D eigenvalue weighted by Gasteiger charge is 2.24. The molecule has 126 valence electrons. The normalized spacial score (nSPS) is 17.8. The van der Waals surface area contributed by atoms with Gasteiger partial charge in [0.05, 0.1) is 13.5 Å². The molecule has 1 heterocycles. The maximum absolute atomic E-state index is 12.5. The fourth-order valence-electron chi connectivity index (χ4n) is 3.01. The van der Waals surface area contributed by atoms with Crippen molar-refractivity contribution in [3.63, 3.8) is 0 Å². The fraction of sp³-hybridized carbons (Fsp3) is 0.529. The molecular weight excluding hydrogens is 318 g/mol. The maximum Gasteiger partial charge on any atom is 0.303 e. The first kappa shape index (κ1) is 17.6. The zero-order valence-corrected chi connectivity index (χ0v) is 14.0. The summed E-state index contributed by atoms with van der Waals surface area (Å²) in [6, 6.07) is 5.25. The predicted octanol–water partition coefficient (Wildman–Crippen LogP) is 2.99. The highest BCUT2D eigenvalue weighted by molar-refractivity contribution is 6.30. The van der Waals surface area contributed by atoms with Crippen LogP contribution in [0.5, 0.6) is 5.75 Å². The number of benzene rings is 1. The Bertz CT molecular complexity index is 576. The van der Waals surface area contributed by atoms with E-state index in [2.05, 4.69) is 0 Å². The van der Waals surface area contributed by atoms with E-state index in [4.69, 9.17) is 21.4 Å². The number of ether oxygens (including phenoxy) is 1. The van der Waals surface area contributed by atoms with Crippen LogP contribution < -0.4 is 4.74 Å². The summed E-state index contributed by atoms with van der Waals surface area (Å²) in [5.41, 5.74) is 0.776. The van der Waals surface area contributed by atoms with E-state index >= 15 is 0 Å². The number of hydrogen-bond acceptors (Lipinski definition) is 3. The van der Waals surface area contributed by atoms with Crippen molar-refractivity contribution >= 4 is 23.5 Å². The highest BCUT2D eigenvalue weighted by atomic mass is 35.5. The van der Waals surface area contributed by atoms with Crippen LogP contribution >= 0.6 is 11.6 Å². The summed E-state index contributed by atoms with van der Waals surface area (Å²) in [6.45, 7) is 1.36. The van der Waals surface area contributed by atoms with Gasteiger partial charge in [-0.25, -0.2) is 0 Å². The molecule has 1 unspecified atom stereocenters. The van der Waals surface area contributed by atoms with Crippen molar-refractivity contribution in [3.8, 4) is 5.75 Å². The van der Waals surface area contributed by atoms with Gasteiger partial charge in [0.1, 0.15) is 5.75 Å². The molecule has 0 bridgehead atoms. The van der Waals surface area contributed by atoms with Crippen molar-refractivity contribution in [1.29, 1.82) is 0 Å². The van der Waals surface area contributed by atoms with Crippen molar-refractivity contribution in [2.24, 2.45) is 5.92 Å². The van der Waals surface area contributed by atoms with Gasteiger partial charge in [0.2, 0.25) is 5.91 Å². The molecule has 1 aromatic rings. The van der Waals surface area contributed by atoms with Crippen LogP contribution in [0.25, 0.3) is 0 Å². The number of halogens is 1. The number of carbonyl (C=O) groups is 2. The van der Waals surface area contributed by atoms with Crippen LogP contribution in [0.2, 0.25) is 5.02 Å². The molecule has 1 atom stereocenters. The minimum Gasteiger partial charge on any atom is -0.496 e. The van der Waals surface area contributed by atoms with Gasteiger partial charge in [-0.2, -0.15) is 0 Å². The largest absolute Gasteiger partial charge is 0.496 e. The van der Waals surface area contributed by atoms with Crippen molar-refractivity contribution < 1.29 is 19.4 Å². The zero-order chi connectivity index (χ0) is 16.8. The molecule has 1 aliphatic rings. The van der Waals surface area contributed by atoms with Crippen LogP contribution in [0.3, 0.4) is 0 Å². The van der Waals surface area contributed by atoms with E-state index in [1.807, 2.05) is 4.90 Å². The lowest BCUT2D eigenvalue weighted by atomic mass is 9.93. The molecule has 0 radical (unpaired) electrons. The van der Waals surface area contributed by atoms with Crippen molar-refractivity contribution in [2.75, 3.05) is 20.2 Å². The number of rotatable bonds is 6. The smallest absolute Gasteiger partial charge is 0.303 e. The summed E-state index contributed by atoms with van der Waals surface area (Å²) >= 11 is 6.00. The van der Waals surface area contributed by atoms with Gasteiger partial charge in [-0.05, 0) is 43.4 Å². The lowest BCUT2D eigenvalue weighted by Crippen LogP contribution is -2.40. The molecule has 6 heteroatoms. The first-order chi connectivity index (χ1) is 11.0. The lowest BCUT2D eigenvalue weighted by molar-refractivity contribution is -0.137. The Labute approximate surface area is 141 Å². The van der Waals surface area contributed by atoms with E-state index in [1.54, 1.807) is 25.3 Å². The van der Waals surface area contributed by atoms with Gasteiger partial charge in [-0.1, -0.05) is 11.6 Å². The molecule has 0 spiro atoms.